The first-order chi connectivity index (χ1) is 6.45. The van der Waals surface area contributed by atoms with Gasteiger partial charge in [-0.3, -0.25) is 9.69 Å². The number of rotatable bonds is 3. The molecule has 6 heteroatoms. The number of aryl methyl sites for hydroxylation is 1. The van der Waals surface area contributed by atoms with Crippen molar-refractivity contribution in [3.8, 4) is 0 Å². The molecule has 1 rings (SSSR count). The Morgan fingerprint density at radius 2 is 2.29 bits per heavy atom. The van der Waals surface area contributed by atoms with Crippen LogP contribution in [-0.2, 0) is 11.8 Å². The molecule has 1 aromatic heterocycles. The van der Waals surface area contributed by atoms with Crippen molar-refractivity contribution < 1.29 is 9.90 Å². The van der Waals surface area contributed by atoms with E-state index in [0.29, 0.717) is 5.69 Å². The Balaban J connectivity index is 3.17. The fourth-order valence-electron chi connectivity index (χ4n) is 1.30. The molecule has 1 heterocycles. The third-order valence-corrected chi connectivity index (χ3v) is 2.24. The zero-order valence-corrected chi connectivity index (χ0v) is 8.99. The lowest BCUT2D eigenvalue weighted by Gasteiger charge is -2.20. The summed E-state index contributed by atoms with van der Waals surface area (Å²) in [6.07, 6.45) is 1.50. The van der Waals surface area contributed by atoms with Crippen LogP contribution in [0.4, 0.5) is 0 Å². The van der Waals surface area contributed by atoms with Crippen LogP contribution in [0.5, 0.6) is 0 Å². The van der Waals surface area contributed by atoms with E-state index in [1.165, 1.54) is 6.33 Å². The summed E-state index contributed by atoms with van der Waals surface area (Å²) >= 11 is 5.81. The molecule has 0 radical (unpaired) electrons. The monoisotopic (exact) mass is 217 g/mol. The number of hydrogen-bond acceptors (Lipinski definition) is 3. The quantitative estimate of drug-likeness (QED) is 0.812. The fourth-order valence-corrected chi connectivity index (χ4v) is 1.58. The standard InChI is InChI=1S/C8H12ClN3O2/c1-11(2)6(8(13)14)5-7(9)10-4-12(5)3/h4,6H,1-3H3,(H,13,14). The van der Waals surface area contributed by atoms with Gasteiger partial charge in [0.05, 0.1) is 12.0 Å². The van der Waals surface area contributed by atoms with Crippen LogP contribution in [-0.4, -0.2) is 39.6 Å². The van der Waals surface area contributed by atoms with Gasteiger partial charge in [0.15, 0.2) is 11.2 Å². The van der Waals surface area contributed by atoms with Gasteiger partial charge in [-0.2, -0.15) is 0 Å². The number of nitrogens with zero attached hydrogens (tertiary/aromatic N) is 3. The van der Waals surface area contributed by atoms with Crippen molar-refractivity contribution in [1.29, 1.82) is 0 Å². The van der Waals surface area contributed by atoms with Gasteiger partial charge in [-0.25, -0.2) is 4.98 Å². The summed E-state index contributed by atoms with van der Waals surface area (Å²) in [6, 6.07) is -0.769. The Morgan fingerprint density at radius 1 is 1.71 bits per heavy atom. The first-order valence-corrected chi connectivity index (χ1v) is 4.39. The normalized spacial score (nSPS) is 13.2. The van der Waals surface area contributed by atoms with Crippen LogP contribution in [0.2, 0.25) is 5.15 Å². The van der Waals surface area contributed by atoms with E-state index in [4.69, 9.17) is 16.7 Å². The van der Waals surface area contributed by atoms with E-state index in [1.54, 1.807) is 30.6 Å². The summed E-state index contributed by atoms with van der Waals surface area (Å²) in [5.74, 6) is -0.944. The van der Waals surface area contributed by atoms with Crippen molar-refractivity contribution in [2.75, 3.05) is 14.1 Å². The Hall–Kier alpha value is -1.07. The number of likely N-dealkylation sites (N-methyl/N-ethyl adjacent to an activating group) is 1. The van der Waals surface area contributed by atoms with E-state index in [9.17, 15) is 4.79 Å². The molecule has 0 amide bonds. The van der Waals surface area contributed by atoms with Crippen LogP contribution < -0.4 is 0 Å². The van der Waals surface area contributed by atoms with Crippen molar-refractivity contribution in [3.05, 3.63) is 17.2 Å². The second kappa shape index (κ2) is 3.98. The van der Waals surface area contributed by atoms with Crippen LogP contribution in [0.3, 0.4) is 0 Å². The number of carboxylic acids is 1. The van der Waals surface area contributed by atoms with E-state index >= 15 is 0 Å². The first-order valence-electron chi connectivity index (χ1n) is 4.01. The molecule has 1 aromatic rings. The minimum Gasteiger partial charge on any atom is -0.480 e. The number of imidazole rings is 1. The molecule has 0 aromatic carbocycles. The lowest BCUT2D eigenvalue weighted by atomic mass is 10.2. The largest absolute Gasteiger partial charge is 0.480 e. The van der Waals surface area contributed by atoms with Gasteiger partial charge in [0.25, 0.3) is 0 Å². The average molecular weight is 218 g/mol. The Labute approximate surface area is 86.9 Å². The van der Waals surface area contributed by atoms with Crippen molar-refractivity contribution in [1.82, 2.24) is 14.5 Å². The summed E-state index contributed by atoms with van der Waals surface area (Å²) in [5.41, 5.74) is 0.490. The van der Waals surface area contributed by atoms with Crippen LogP contribution in [0.15, 0.2) is 6.33 Å². The minimum absolute atomic E-state index is 0.230. The Bertz CT molecular complexity index is 329. The van der Waals surface area contributed by atoms with Gasteiger partial charge >= 0.3 is 5.97 Å². The highest BCUT2D eigenvalue weighted by Gasteiger charge is 2.27. The molecule has 0 fully saturated rings. The van der Waals surface area contributed by atoms with Gasteiger partial charge < -0.3 is 9.67 Å². The number of hydrogen-bond donors (Lipinski definition) is 1. The van der Waals surface area contributed by atoms with E-state index in [-0.39, 0.29) is 5.15 Å². The third kappa shape index (κ3) is 1.88. The number of aliphatic carboxylic acids is 1. The third-order valence-electron chi connectivity index (χ3n) is 1.94. The minimum atomic E-state index is -0.944. The lowest BCUT2D eigenvalue weighted by Crippen LogP contribution is -2.29. The first kappa shape index (κ1) is 11.0. The van der Waals surface area contributed by atoms with E-state index in [2.05, 4.69) is 4.98 Å². The highest BCUT2D eigenvalue weighted by molar-refractivity contribution is 6.30. The molecule has 0 saturated heterocycles. The second-order valence-electron chi connectivity index (χ2n) is 3.24. The maximum Gasteiger partial charge on any atom is 0.327 e. The number of halogens is 1. The fraction of sp³-hybridized carbons (Fsp3) is 0.500. The molecule has 1 atom stereocenters. The molecule has 0 bridgehead atoms. The number of carbonyl (C=O) groups is 1. The SMILES string of the molecule is CN(C)C(C(=O)O)c1c(Cl)ncn1C. The van der Waals surface area contributed by atoms with Crippen molar-refractivity contribution in [2.45, 2.75) is 6.04 Å². The van der Waals surface area contributed by atoms with E-state index in [1.807, 2.05) is 0 Å². The van der Waals surface area contributed by atoms with Crippen molar-refractivity contribution in [3.63, 3.8) is 0 Å². The maximum atomic E-state index is 11.0. The van der Waals surface area contributed by atoms with E-state index < -0.39 is 12.0 Å². The molecular weight excluding hydrogens is 206 g/mol. The molecule has 1 unspecified atom stereocenters. The summed E-state index contributed by atoms with van der Waals surface area (Å²) < 4.78 is 1.61. The Morgan fingerprint density at radius 3 is 2.57 bits per heavy atom. The predicted molar refractivity (Wildman–Crippen MR) is 52.3 cm³/mol. The van der Waals surface area contributed by atoms with Gasteiger partial charge in [-0.1, -0.05) is 11.6 Å². The smallest absolute Gasteiger partial charge is 0.327 e. The molecular formula is C8H12ClN3O2. The lowest BCUT2D eigenvalue weighted by molar-refractivity contribution is -0.142. The van der Waals surface area contributed by atoms with Crippen LogP contribution >= 0.6 is 11.6 Å². The summed E-state index contributed by atoms with van der Waals surface area (Å²) in [5, 5.41) is 9.25. The second-order valence-corrected chi connectivity index (χ2v) is 3.59. The molecule has 78 valence electrons. The van der Waals surface area contributed by atoms with Gasteiger partial charge in [-0.05, 0) is 14.1 Å². The molecule has 0 aliphatic carbocycles. The van der Waals surface area contributed by atoms with E-state index in [0.717, 1.165) is 0 Å². The topological polar surface area (TPSA) is 58.4 Å². The number of aromatic nitrogens is 2. The van der Waals surface area contributed by atoms with Crippen LogP contribution in [0.25, 0.3) is 0 Å². The zero-order chi connectivity index (χ0) is 10.9. The van der Waals surface area contributed by atoms with Crippen molar-refractivity contribution >= 4 is 17.6 Å². The van der Waals surface area contributed by atoms with Gasteiger partial charge in [0, 0.05) is 7.05 Å². The van der Waals surface area contributed by atoms with Crippen LogP contribution in [0.1, 0.15) is 11.7 Å². The van der Waals surface area contributed by atoms with Gasteiger partial charge in [0.1, 0.15) is 0 Å². The molecule has 0 aliphatic heterocycles. The summed E-state index contributed by atoms with van der Waals surface area (Å²) in [4.78, 5) is 16.4. The molecule has 0 aliphatic rings. The summed E-state index contributed by atoms with van der Waals surface area (Å²) in [7, 11) is 5.08. The Kier molecular flexibility index (Phi) is 3.13. The highest BCUT2D eigenvalue weighted by atomic mass is 35.5. The molecule has 1 N–H and O–H groups in total. The van der Waals surface area contributed by atoms with Gasteiger partial charge in [0.2, 0.25) is 0 Å². The van der Waals surface area contributed by atoms with Crippen LogP contribution in [0, 0.1) is 0 Å². The molecule has 5 nitrogen and oxygen atoms in total. The summed E-state index contributed by atoms with van der Waals surface area (Å²) in [6.45, 7) is 0. The molecule has 14 heavy (non-hydrogen) atoms. The van der Waals surface area contributed by atoms with Crippen molar-refractivity contribution in [2.24, 2.45) is 7.05 Å². The average Bonchev–Trinajstić information content (AvgIpc) is 2.34. The zero-order valence-electron chi connectivity index (χ0n) is 8.23. The predicted octanol–water partition coefficient (Wildman–Crippen LogP) is 0.761. The van der Waals surface area contributed by atoms with Gasteiger partial charge in [-0.15, -0.1) is 0 Å². The molecule has 0 saturated carbocycles. The maximum absolute atomic E-state index is 11.0. The highest BCUT2D eigenvalue weighted by Crippen LogP contribution is 2.24. The number of carboxylic acid groups (broad SMARTS) is 1. The molecule has 0 spiro atoms.